The van der Waals surface area contributed by atoms with Crippen LogP contribution in [0.2, 0.25) is 0 Å². The van der Waals surface area contributed by atoms with Gasteiger partial charge in [0.2, 0.25) is 0 Å². The van der Waals surface area contributed by atoms with E-state index in [1.54, 1.807) is 24.8 Å². The van der Waals surface area contributed by atoms with E-state index in [1.807, 2.05) is 12.3 Å². The van der Waals surface area contributed by atoms with Crippen molar-refractivity contribution < 1.29 is 45.1 Å². The second-order valence-electron chi connectivity index (χ2n) is 13.0. The molecular formula is C34H38F7N3O3. The summed E-state index contributed by atoms with van der Waals surface area (Å²) >= 11 is 0. The molecule has 0 bridgehead atoms. The molecular weight excluding hydrogens is 631 g/mol. The Balaban J connectivity index is 1.37. The predicted molar refractivity (Wildman–Crippen MR) is 159 cm³/mol. The van der Waals surface area contributed by atoms with E-state index in [9.17, 15) is 40.3 Å². The summed E-state index contributed by atoms with van der Waals surface area (Å²) in [5, 5.41) is 0. The largest absolute Gasteiger partial charge is 0.466 e. The molecule has 2 saturated heterocycles. The number of piperidine rings is 2. The predicted octanol–water partition coefficient (Wildman–Crippen LogP) is 8.14. The van der Waals surface area contributed by atoms with E-state index in [-0.39, 0.29) is 36.0 Å². The number of urea groups is 1. The quantitative estimate of drug-likeness (QED) is 0.221. The highest BCUT2D eigenvalue weighted by molar-refractivity contribution is 5.81. The van der Waals surface area contributed by atoms with Gasteiger partial charge in [-0.05, 0) is 105 Å². The minimum absolute atomic E-state index is 0.00418. The maximum Gasteiger partial charge on any atom is 0.416 e. The van der Waals surface area contributed by atoms with Gasteiger partial charge in [0, 0.05) is 26.7 Å². The fourth-order valence-electron chi connectivity index (χ4n) is 6.99. The number of nitrogens with zero attached hydrogens (tertiary/aromatic N) is 3. The number of rotatable bonds is 7. The maximum atomic E-state index is 14.1. The summed E-state index contributed by atoms with van der Waals surface area (Å²) in [6.07, 6.45) is -4.20. The van der Waals surface area contributed by atoms with Gasteiger partial charge in [-0.3, -0.25) is 4.79 Å². The molecule has 0 aromatic heterocycles. The lowest BCUT2D eigenvalue weighted by molar-refractivity contribution is -0.150. The lowest BCUT2D eigenvalue weighted by atomic mass is 9.85. The molecule has 2 amide bonds. The lowest BCUT2D eigenvalue weighted by Crippen LogP contribution is -2.47. The first-order valence-corrected chi connectivity index (χ1v) is 15.6. The SMILES string of the molecule is CCOC(=O)C12CC1CN(C=CC1CCN(C(=O)N(C)C(C)c3cc(C(F)(F)F)cc(C(F)(F)F)c3)C(c3ccc(F)cc3C)C1)C2. The molecule has 1 aliphatic carbocycles. The van der Waals surface area contributed by atoms with Crippen molar-refractivity contribution in [1.29, 1.82) is 0 Å². The van der Waals surface area contributed by atoms with Crippen LogP contribution in [0, 0.1) is 30.0 Å². The van der Waals surface area contributed by atoms with Crippen LogP contribution in [0.1, 0.15) is 73.0 Å². The zero-order chi connectivity index (χ0) is 34.5. The number of hydrogen-bond acceptors (Lipinski definition) is 4. The first-order valence-electron chi connectivity index (χ1n) is 15.6. The molecule has 47 heavy (non-hydrogen) atoms. The van der Waals surface area contributed by atoms with Gasteiger partial charge in [0.15, 0.2) is 0 Å². The summed E-state index contributed by atoms with van der Waals surface area (Å²) in [6.45, 7) is 6.76. The highest BCUT2D eigenvalue weighted by Gasteiger charge is 2.65. The molecule has 3 aliphatic rings. The lowest BCUT2D eigenvalue weighted by Gasteiger charge is -2.42. The van der Waals surface area contributed by atoms with Crippen molar-refractivity contribution in [3.05, 3.63) is 82.3 Å². The van der Waals surface area contributed by atoms with Gasteiger partial charge in [0.05, 0.1) is 35.2 Å². The highest BCUT2D eigenvalue weighted by Crippen LogP contribution is 2.58. The Morgan fingerprint density at radius 1 is 1.09 bits per heavy atom. The van der Waals surface area contributed by atoms with Crippen LogP contribution in [0.25, 0.3) is 0 Å². The van der Waals surface area contributed by atoms with E-state index >= 15 is 0 Å². The van der Waals surface area contributed by atoms with E-state index in [2.05, 4.69) is 4.90 Å². The minimum Gasteiger partial charge on any atom is -0.466 e. The van der Waals surface area contributed by atoms with Gasteiger partial charge in [-0.1, -0.05) is 12.1 Å². The van der Waals surface area contributed by atoms with Gasteiger partial charge in [0.1, 0.15) is 5.82 Å². The molecule has 6 nitrogen and oxygen atoms in total. The number of alkyl halides is 6. The molecule has 1 saturated carbocycles. The number of hydrogen-bond donors (Lipinski definition) is 0. The number of halogens is 7. The zero-order valence-electron chi connectivity index (χ0n) is 26.6. The molecule has 13 heteroatoms. The van der Waals surface area contributed by atoms with Gasteiger partial charge in [-0.2, -0.15) is 26.3 Å². The first kappa shape index (κ1) is 34.6. The van der Waals surface area contributed by atoms with Crippen molar-refractivity contribution in [3.8, 4) is 0 Å². The van der Waals surface area contributed by atoms with E-state index < -0.39 is 52.8 Å². The van der Waals surface area contributed by atoms with Crippen LogP contribution >= 0.6 is 0 Å². The number of amides is 2. The number of ether oxygens (including phenoxy) is 1. The number of carbonyl (C=O) groups excluding carboxylic acids is 2. The van der Waals surface area contributed by atoms with E-state index in [0.29, 0.717) is 49.3 Å². The van der Waals surface area contributed by atoms with Crippen LogP contribution in [0.4, 0.5) is 35.5 Å². The molecule has 2 aromatic carbocycles. The third-order valence-corrected chi connectivity index (χ3v) is 9.88. The van der Waals surface area contributed by atoms with Crippen LogP contribution in [-0.4, -0.2) is 60.0 Å². The number of esters is 1. The van der Waals surface area contributed by atoms with Gasteiger partial charge in [-0.25, -0.2) is 9.18 Å². The average molecular weight is 670 g/mol. The summed E-state index contributed by atoms with van der Waals surface area (Å²) in [4.78, 5) is 31.3. The molecule has 256 valence electrons. The van der Waals surface area contributed by atoms with Crippen LogP contribution < -0.4 is 0 Å². The van der Waals surface area contributed by atoms with Gasteiger partial charge in [-0.15, -0.1) is 0 Å². The van der Waals surface area contributed by atoms with E-state index in [0.717, 1.165) is 17.9 Å². The maximum absolute atomic E-state index is 14.1. The fourth-order valence-corrected chi connectivity index (χ4v) is 6.99. The molecule has 5 unspecified atom stereocenters. The number of aryl methyl sites for hydroxylation is 1. The van der Waals surface area contributed by atoms with E-state index in [1.165, 1.54) is 26.1 Å². The van der Waals surface area contributed by atoms with Crippen molar-refractivity contribution in [2.45, 2.75) is 64.5 Å². The van der Waals surface area contributed by atoms with Crippen LogP contribution in [0.15, 0.2) is 48.7 Å². The molecule has 5 rings (SSSR count). The Bertz CT molecular complexity index is 1510. The van der Waals surface area contributed by atoms with Crippen molar-refractivity contribution in [2.24, 2.45) is 17.3 Å². The zero-order valence-corrected chi connectivity index (χ0v) is 26.6. The standard InChI is InChI=1S/C34H38F7N3O3/c1-5-47-30(45)32-17-26(32)18-43(19-32)10-8-22-9-11-44(29(13-22)28-7-6-27(35)12-20(28)2)31(46)42(4)21(3)23-14-24(33(36,37)38)16-25(15-23)34(39,40)41/h6-8,10,12,14-16,21-22,26,29H,5,9,11,13,17-19H2,1-4H3. The number of likely N-dealkylation sites (tertiary alicyclic amines) is 2. The Labute approximate surface area is 269 Å². The Morgan fingerprint density at radius 2 is 1.74 bits per heavy atom. The molecule has 3 fully saturated rings. The third-order valence-electron chi connectivity index (χ3n) is 9.88. The van der Waals surface area contributed by atoms with Gasteiger partial charge >= 0.3 is 24.4 Å². The van der Waals surface area contributed by atoms with E-state index in [4.69, 9.17) is 4.74 Å². The minimum atomic E-state index is -5.02. The molecule has 2 aliphatic heterocycles. The Morgan fingerprint density at radius 3 is 2.34 bits per heavy atom. The van der Waals surface area contributed by atoms with Crippen molar-refractivity contribution in [3.63, 3.8) is 0 Å². The monoisotopic (exact) mass is 669 g/mol. The van der Waals surface area contributed by atoms with Crippen LogP contribution in [0.5, 0.6) is 0 Å². The number of fused-ring (bicyclic) bond motifs is 1. The van der Waals surface area contributed by atoms with Crippen LogP contribution in [-0.2, 0) is 21.9 Å². The number of benzene rings is 2. The summed E-state index contributed by atoms with van der Waals surface area (Å²) in [6, 6.07) is 3.34. The molecule has 5 atom stereocenters. The highest BCUT2D eigenvalue weighted by atomic mass is 19.4. The average Bonchev–Trinajstić information content (AvgIpc) is 3.58. The molecule has 0 radical (unpaired) electrons. The van der Waals surface area contributed by atoms with Gasteiger partial charge < -0.3 is 19.4 Å². The second-order valence-corrected chi connectivity index (χ2v) is 13.0. The topological polar surface area (TPSA) is 53.1 Å². The summed E-state index contributed by atoms with van der Waals surface area (Å²) in [7, 11) is 1.35. The molecule has 2 aromatic rings. The number of allylic oxidation sites excluding steroid dienone is 1. The Kier molecular flexibility index (Phi) is 9.33. The Hall–Kier alpha value is -3.77. The van der Waals surface area contributed by atoms with Crippen molar-refractivity contribution in [2.75, 3.05) is 33.3 Å². The van der Waals surface area contributed by atoms with Crippen molar-refractivity contribution >= 4 is 12.0 Å². The summed E-state index contributed by atoms with van der Waals surface area (Å²) in [5.74, 6) is -0.362. The van der Waals surface area contributed by atoms with Gasteiger partial charge in [0.25, 0.3) is 0 Å². The molecule has 0 N–H and O–H groups in total. The number of carbonyl (C=O) groups is 2. The first-order chi connectivity index (χ1) is 21.9. The summed E-state index contributed by atoms with van der Waals surface area (Å²) in [5.41, 5.74) is -2.36. The smallest absolute Gasteiger partial charge is 0.416 e. The van der Waals surface area contributed by atoms with Crippen LogP contribution in [0.3, 0.4) is 0 Å². The second kappa shape index (κ2) is 12.7. The fraction of sp³-hybridized carbons (Fsp3) is 0.529. The normalized spacial score (nSPS) is 25.1. The molecule has 0 spiro atoms. The van der Waals surface area contributed by atoms with Crippen molar-refractivity contribution in [1.82, 2.24) is 14.7 Å². The third kappa shape index (κ3) is 7.08. The molecule has 2 heterocycles. The summed E-state index contributed by atoms with van der Waals surface area (Å²) < 4.78 is 101.